The molecule has 1 aliphatic rings. The number of halogens is 1. The minimum Gasteiger partial charge on any atom is -0.354 e. The SMILES string of the molecule is CC(C)CCNC(=O)C(c1ccccc1)N(Cc1ccc(F)cc1)C(=O)CCc1ccc(S(=O)(=O)NC2CC2)cc1. The van der Waals surface area contributed by atoms with Crippen LogP contribution in [0.2, 0.25) is 0 Å². The van der Waals surface area contributed by atoms with Crippen molar-refractivity contribution in [2.24, 2.45) is 5.92 Å². The molecule has 2 amide bonds. The fraction of sp³-hybridized carbons (Fsp3) is 0.375. The minimum atomic E-state index is -3.56. The molecular formula is C32H38FN3O4S. The van der Waals surface area contributed by atoms with Gasteiger partial charge in [0.25, 0.3) is 0 Å². The van der Waals surface area contributed by atoms with Crippen LogP contribution < -0.4 is 10.0 Å². The molecule has 1 saturated carbocycles. The van der Waals surface area contributed by atoms with Gasteiger partial charge in [-0.1, -0.05) is 68.4 Å². The van der Waals surface area contributed by atoms with Crippen molar-refractivity contribution >= 4 is 21.8 Å². The fourth-order valence-corrected chi connectivity index (χ4v) is 5.82. The average molecular weight is 580 g/mol. The molecule has 4 rings (SSSR count). The van der Waals surface area contributed by atoms with E-state index in [0.29, 0.717) is 30.0 Å². The second-order valence-corrected chi connectivity index (χ2v) is 12.7. The van der Waals surface area contributed by atoms with Gasteiger partial charge in [-0.2, -0.15) is 0 Å². The first-order valence-electron chi connectivity index (χ1n) is 14.1. The van der Waals surface area contributed by atoms with Gasteiger partial charge >= 0.3 is 0 Å². The summed E-state index contributed by atoms with van der Waals surface area (Å²) in [7, 11) is -3.56. The van der Waals surface area contributed by atoms with E-state index in [0.717, 1.165) is 24.8 Å². The third-order valence-electron chi connectivity index (χ3n) is 7.04. The molecule has 0 heterocycles. The second-order valence-electron chi connectivity index (χ2n) is 11.0. The summed E-state index contributed by atoms with van der Waals surface area (Å²) in [5.41, 5.74) is 2.19. The zero-order chi connectivity index (χ0) is 29.4. The lowest BCUT2D eigenvalue weighted by molar-refractivity contribution is -0.141. The molecule has 0 aliphatic heterocycles. The van der Waals surface area contributed by atoms with Crippen LogP contribution in [0.1, 0.15) is 62.3 Å². The first-order valence-corrected chi connectivity index (χ1v) is 15.6. The van der Waals surface area contributed by atoms with Gasteiger partial charge in [0.05, 0.1) is 4.90 Å². The van der Waals surface area contributed by atoms with Crippen molar-refractivity contribution in [2.75, 3.05) is 6.54 Å². The van der Waals surface area contributed by atoms with E-state index in [2.05, 4.69) is 23.9 Å². The zero-order valence-electron chi connectivity index (χ0n) is 23.6. The molecule has 1 atom stereocenters. The first kappa shape index (κ1) is 30.4. The Bertz CT molecular complexity index is 1410. The Labute approximate surface area is 242 Å². The highest BCUT2D eigenvalue weighted by Crippen LogP contribution is 2.26. The van der Waals surface area contributed by atoms with E-state index < -0.39 is 16.1 Å². The van der Waals surface area contributed by atoms with Crippen molar-refractivity contribution in [3.8, 4) is 0 Å². The highest BCUT2D eigenvalue weighted by atomic mass is 32.2. The number of amides is 2. The van der Waals surface area contributed by atoms with Gasteiger partial charge in [0.2, 0.25) is 21.8 Å². The van der Waals surface area contributed by atoms with Gasteiger partial charge < -0.3 is 10.2 Å². The lowest BCUT2D eigenvalue weighted by atomic mass is 10.0. The van der Waals surface area contributed by atoms with Crippen LogP contribution >= 0.6 is 0 Å². The number of rotatable bonds is 14. The molecule has 1 aliphatic carbocycles. The van der Waals surface area contributed by atoms with E-state index in [1.165, 1.54) is 12.1 Å². The summed E-state index contributed by atoms with van der Waals surface area (Å²) in [5.74, 6) is -0.483. The summed E-state index contributed by atoms with van der Waals surface area (Å²) in [5, 5.41) is 3.00. The van der Waals surface area contributed by atoms with Crippen LogP contribution in [-0.2, 0) is 32.6 Å². The van der Waals surface area contributed by atoms with E-state index in [4.69, 9.17) is 0 Å². The predicted molar refractivity (Wildman–Crippen MR) is 157 cm³/mol. The standard InChI is InChI=1S/C32H38FN3O4S/c1-23(2)20-21-34-32(38)31(26-6-4-3-5-7-26)36(22-25-8-13-27(33)14-9-25)30(37)19-12-24-10-17-29(18-11-24)41(39,40)35-28-15-16-28/h3-11,13-14,17-18,23,28,31,35H,12,15-16,19-22H2,1-2H3,(H,34,38). The van der Waals surface area contributed by atoms with Gasteiger partial charge in [-0.15, -0.1) is 0 Å². The molecular weight excluding hydrogens is 541 g/mol. The molecule has 0 saturated heterocycles. The first-order chi connectivity index (χ1) is 19.6. The highest BCUT2D eigenvalue weighted by molar-refractivity contribution is 7.89. The molecule has 0 aromatic heterocycles. The number of hydrogen-bond donors (Lipinski definition) is 2. The van der Waals surface area contributed by atoms with Gasteiger partial charge in [-0.25, -0.2) is 17.5 Å². The summed E-state index contributed by atoms with van der Waals surface area (Å²) in [6.45, 7) is 4.77. The summed E-state index contributed by atoms with van der Waals surface area (Å²) in [6, 6.07) is 20.8. The molecule has 218 valence electrons. The van der Waals surface area contributed by atoms with Crippen LogP contribution in [0.25, 0.3) is 0 Å². The lowest BCUT2D eigenvalue weighted by Gasteiger charge is -2.32. The summed E-state index contributed by atoms with van der Waals surface area (Å²) >= 11 is 0. The number of benzene rings is 3. The monoisotopic (exact) mass is 579 g/mol. The van der Waals surface area contributed by atoms with Crippen LogP contribution in [0, 0.1) is 11.7 Å². The third-order valence-corrected chi connectivity index (χ3v) is 8.58. The number of hydrogen-bond acceptors (Lipinski definition) is 4. The van der Waals surface area contributed by atoms with E-state index in [1.54, 1.807) is 41.3 Å². The molecule has 0 spiro atoms. The fourth-order valence-electron chi connectivity index (χ4n) is 4.52. The molecule has 1 fully saturated rings. The molecule has 7 nitrogen and oxygen atoms in total. The Balaban J connectivity index is 1.55. The zero-order valence-corrected chi connectivity index (χ0v) is 24.4. The maximum atomic E-state index is 13.8. The maximum Gasteiger partial charge on any atom is 0.247 e. The quantitative estimate of drug-likeness (QED) is 0.277. The Morgan fingerprint density at radius 2 is 1.56 bits per heavy atom. The predicted octanol–water partition coefficient (Wildman–Crippen LogP) is 5.13. The number of nitrogens with zero attached hydrogens (tertiary/aromatic N) is 1. The number of nitrogens with one attached hydrogen (secondary N) is 2. The van der Waals surface area contributed by atoms with Gasteiger partial charge in [0, 0.05) is 25.6 Å². The van der Waals surface area contributed by atoms with Crippen molar-refractivity contribution in [3.63, 3.8) is 0 Å². The largest absolute Gasteiger partial charge is 0.354 e. The Hall–Kier alpha value is -3.56. The number of sulfonamides is 1. The van der Waals surface area contributed by atoms with Crippen LogP contribution in [0.5, 0.6) is 0 Å². The molecule has 2 N–H and O–H groups in total. The molecule has 0 bridgehead atoms. The van der Waals surface area contributed by atoms with Crippen molar-refractivity contribution < 1.29 is 22.4 Å². The van der Waals surface area contributed by atoms with Crippen molar-refractivity contribution in [2.45, 2.75) is 69.5 Å². The topological polar surface area (TPSA) is 95.6 Å². The normalized spacial score (nSPS) is 14.0. The lowest BCUT2D eigenvalue weighted by Crippen LogP contribution is -2.43. The molecule has 3 aromatic carbocycles. The molecule has 1 unspecified atom stereocenters. The van der Waals surface area contributed by atoms with Crippen LogP contribution in [-0.4, -0.2) is 37.7 Å². The van der Waals surface area contributed by atoms with Crippen LogP contribution in [0.3, 0.4) is 0 Å². The van der Waals surface area contributed by atoms with Crippen LogP contribution in [0.15, 0.2) is 83.8 Å². The van der Waals surface area contributed by atoms with Gasteiger partial charge in [-0.3, -0.25) is 9.59 Å². The van der Waals surface area contributed by atoms with E-state index >= 15 is 0 Å². The summed E-state index contributed by atoms with van der Waals surface area (Å²) in [6.07, 6.45) is 2.99. The molecule has 0 radical (unpaired) electrons. The third kappa shape index (κ3) is 8.96. The number of carbonyl (C=O) groups is 2. The molecule has 41 heavy (non-hydrogen) atoms. The average Bonchev–Trinajstić information content (AvgIpc) is 3.76. The maximum absolute atomic E-state index is 13.8. The van der Waals surface area contributed by atoms with Gasteiger partial charge in [-0.05, 0) is 72.6 Å². The number of aryl methyl sites for hydroxylation is 1. The summed E-state index contributed by atoms with van der Waals surface area (Å²) < 4.78 is 41.3. The van der Waals surface area contributed by atoms with Crippen molar-refractivity contribution in [3.05, 3.63) is 101 Å². The van der Waals surface area contributed by atoms with Crippen molar-refractivity contribution in [1.29, 1.82) is 0 Å². The molecule has 9 heteroatoms. The van der Waals surface area contributed by atoms with Gasteiger partial charge in [0.15, 0.2) is 0 Å². The van der Waals surface area contributed by atoms with Crippen molar-refractivity contribution in [1.82, 2.24) is 14.9 Å². The smallest absolute Gasteiger partial charge is 0.247 e. The van der Waals surface area contributed by atoms with E-state index in [9.17, 15) is 22.4 Å². The minimum absolute atomic E-state index is 0.0181. The molecule has 3 aromatic rings. The van der Waals surface area contributed by atoms with E-state index in [-0.39, 0.29) is 41.5 Å². The summed E-state index contributed by atoms with van der Waals surface area (Å²) in [4.78, 5) is 29.1. The Kier molecular flexibility index (Phi) is 10.3. The highest BCUT2D eigenvalue weighted by Gasteiger charge is 2.31. The van der Waals surface area contributed by atoms with Crippen LogP contribution in [0.4, 0.5) is 4.39 Å². The Morgan fingerprint density at radius 1 is 0.927 bits per heavy atom. The van der Waals surface area contributed by atoms with E-state index in [1.807, 2.05) is 30.3 Å². The Morgan fingerprint density at radius 3 is 2.17 bits per heavy atom. The van der Waals surface area contributed by atoms with Gasteiger partial charge in [0.1, 0.15) is 11.9 Å². The number of carbonyl (C=O) groups excluding carboxylic acids is 2. The second kappa shape index (κ2) is 13.9.